The minimum Gasteiger partial charge on any atom is -0.395 e. The first-order valence-electron chi connectivity index (χ1n) is 12.5. The molecule has 9 nitrogen and oxygen atoms in total. The number of alkyl halides is 2. The zero-order valence-electron chi connectivity index (χ0n) is 21.5. The van der Waals surface area contributed by atoms with E-state index in [1.54, 1.807) is 18.2 Å². The van der Waals surface area contributed by atoms with Gasteiger partial charge in [-0.25, -0.2) is 13.8 Å². The number of carbonyl (C=O) groups is 2. The summed E-state index contributed by atoms with van der Waals surface area (Å²) < 4.78 is 55.2. The molecule has 5 aromatic rings. The van der Waals surface area contributed by atoms with Crippen molar-refractivity contribution in [3.63, 3.8) is 0 Å². The fraction of sp³-hybridized carbons (Fsp3) is 0.103. The summed E-state index contributed by atoms with van der Waals surface area (Å²) in [5.41, 5.74) is -0.329. The van der Waals surface area contributed by atoms with Gasteiger partial charge in [-0.2, -0.15) is 8.78 Å². The number of amides is 2. The van der Waals surface area contributed by atoms with Gasteiger partial charge in [0.2, 0.25) is 0 Å². The standard InChI is InChI=1S/C29H21F4N5O4/c30-15-4-9-18(21(31)14-15)28(42)38(29(32)33)17-7-5-16(6-8-17)36-22-10-11-34-25-24(22)19-2-1-3-20(23(19)27(41)37-25)26(40)35-12-13-39/h1-11,14,29,39H,12-13H2,(H,35,40)(H2,34,36,37,41). The fourth-order valence-electron chi connectivity index (χ4n) is 4.53. The lowest BCUT2D eigenvalue weighted by atomic mass is 10.0. The Labute approximate surface area is 234 Å². The number of pyridine rings is 2. The second-order valence-electron chi connectivity index (χ2n) is 8.99. The number of H-pyrrole nitrogens is 1. The molecule has 0 radical (unpaired) electrons. The summed E-state index contributed by atoms with van der Waals surface area (Å²) in [5.74, 6) is -4.12. The van der Waals surface area contributed by atoms with Gasteiger partial charge in [0.1, 0.15) is 17.3 Å². The van der Waals surface area contributed by atoms with E-state index < -0.39 is 41.1 Å². The molecule has 2 heterocycles. The Bertz CT molecular complexity index is 1880. The fourth-order valence-corrected chi connectivity index (χ4v) is 4.53. The lowest BCUT2D eigenvalue weighted by Gasteiger charge is -2.22. The minimum absolute atomic E-state index is 0.00150. The van der Waals surface area contributed by atoms with Gasteiger partial charge < -0.3 is 20.7 Å². The number of nitrogens with one attached hydrogen (secondary N) is 3. The van der Waals surface area contributed by atoms with Crippen molar-refractivity contribution in [1.82, 2.24) is 15.3 Å². The second kappa shape index (κ2) is 11.7. The molecule has 0 aliphatic heterocycles. The number of aromatic amines is 1. The van der Waals surface area contributed by atoms with Crippen LogP contribution in [-0.4, -0.2) is 46.6 Å². The normalized spacial score (nSPS) is 11.2. The Morgan fingerprint density at radius 1 is 0.976 bits per heavy atom. The average molecular weight is 580 g/mol. The quantitative estimate of drug-likeness (QED) is 0.120. The van der Waals surface area contributed by atoms with Gasteiger partial charge in [-0.1, -0.05) is 12.1 Å². The highest BCUT2D eigenvalue weighted by Crippen LogP contribution is 2.32. The van der Waals surface area contributed by atoms with Crippen LogP contribution in [0.3, 0.4) is 0 Å². The van der Waals surface area contributed by atoms with Gasteiger partial charge in [-0.05, 0) is 48.5 Å². The molecule has 0 saturated carbocycles. The molecule has 0 atom stereocenters. The predicted octanol–water partition coefficient (Wildman–Crippen LogP) is 4.69. The number of hydrogen-bond donors (Lipinski definition) is 4. The third-order valence-corrected chi connectivity index (χ3v) is 6.39. The van der Waals surface area contributed by atoms with Crippen molar-refractivity contribution in [2.75, 3.05) is 23.4 Å². The van der Waals surface area contributed by atoms with Gasteiger partial charge in [-0.3, -0.25) is 19.3 Å². The summed E-state index contributed by atoms with van der Waals surface area (Å²) in [4.78, 5) is 45.3. The molecule has 214 valence electrons. The van der Waals surface area contributed by atoms with Crippen LogP contribution in [0.2, 0.25) is 0 Å². The van der Waals surface area contributed by atoms with Gasteiger partial charge in [-0.15, -0.1) is 0 Å². The van der Waals surface area contributed by atoms with E-state index in [1.165, 1.54) is 36.5 Å². The number of aliphatic hydroxyl groups is 1. The average Bonchev–Trinajstić information content (AvgIpc) is 2.96. The van der Waals surface area contributed by atoms with Crippen molar-refractivity contribution in [2.24, 2.45) is 0 Å². The number of carbonyl (C=O) groups excluding carboxylic acids is 2. The topological polar surface area (TPSA) is 127 Å². The number of aliphatic hydroxyl groups excluding tert-OH is 1. The van der Waals surface area contributed by atoms with Gasteiger partial charge in [0, 0.05) is 41.0 Å². The van der Waals surface area contributed by atoms with Crippen molar-refractivity contribution in [1.29, 1.82) is 0 Å². The molecule has 42 heavy (non-hydrogen) atoms. The van der Waals surface area contributed by atoms with E-state index in [0.717, 1.165) is 12.1 Å². The van der Waals surface area contributed by atoms with E-state index in [1.807, 2.05) is 0 Å². The van der Waals surface area contributed by atoms with Crippen LogP contribution in [0.25, 0.3) is 21.8 Å². The summed E-state index contributed by atoms with van der Waals surface area (Å²) in [6, 6.07) is 13.6. The van der Waals surface area contributed by atoms with Crippen molar-refractivity contribution >= 4 is 50.7 Å². The maximum atomic E-state index is 14.1. The largest absolute Gasteiger partial charge is 0.395 e. The molecule has 13 heteroatoms. The summed E-state index contributed by atoms with van der Waals surface area (Å²) in [6.45, 7) is -3.60. The molecule has 2 aromatic heterocycles. The number of fused-ring (bicyclic) bond motifs is 3. The molecule has 2 amide bonds. The van der Waals surface area contributed by atoms with Crippen LogP contribution in [-0.2, 0) is 0 Å². The molecule has 0 unspecified atom stereocenters. The first-order chi connectivity index (χ1) is 20.2. The van der Waals surface area contributed by atoms with E-state index in [-0.39, 0.29) is 40.3 Å². The number of aromatic nitrogens is 2. The first kappa shape index (κ1) is 28.2. The molecule has 0 aliphatic carbocycles. The number of anilines is 3. The lowest BCUT2D eigenvalue weighted by Crippen LogP contribution is -2.36. The molecule has 4 N–H and O–H groups in total. The maximum absolute atomic E-state index is 14.1. The van der Waals surface area contributed by atoms with Gasteiger partial charge in [0.15, 0.2) is 0 Å². The zero-order valence-corrected chi connectivity index (χ0v) is 21.5. The van der Waals surface area contributed by atoms with Gasteiger partial charge >= 0.3 is 6.55 Å². The highest BCUT2D eigenvalue weighted by molar-refractivity contribution is 6.16. The molecule has 0 aliphatic rings. The highest BCUT2D eigenvalue weighted by Gasteiger charge is 2.28. The third-order valence-electron chi connectivity index (χ3n) is 6.39. The smallest absolute Gasteiger partial charge is 0.321 e. The number of hydrogen-bond acceptors (Lipinski definition) is 6. The Morgan fingerprint density at radius 3 is 2.43 bits per heavy atom. The number of benzene rings is 3. The van der Waals surface area contributed by atoms with Crippen molar-refractivity contribution in [3.8, 4) is 0 Å². The third kappa shape index (κ3) is 5.37. The molecule has 0 spiro atoms. The van der Waals surface area contributed by atoms with E-state index >= 15 is 0 Å². The monoisotopic (exact) mass is 579 g/mol. The molecular formula is C29H21F4N5O4. The van der Waals surface area contributed by atoms with Crippen LogP contribution >= 0.6 is 0 Å². The summed E-state index contributed by atoms with van der Waals surface area (Å²) >= 11 is 0. The lowest BCUT2D eigenvalue weighted by molar-refractivity contribution is 0.0834. The predicted molar refractivity (Wildman–Crippen MR) is 148 cm³/mol. The molecule has 3 aromatic carbocycles. The van der Waals surface area contributed by atoms with Crippen LogP contribution in [0.4, 0.5) is 34.6 Å². The summed E-state index contributed by atoms with van der Waals surface area (Å²) in [6.07, 6.45) is 1.44. The van der Waals surface area contributed by atoms with E-state index in [2.05, 4.69) is 20.6 Å². The van der Waals surface area contributed by atoms with Crippen LogP contribution in [0.1, 0.15) is 20.7 Å². The first-order valence-corrected chi connectivity index (χ1v) is 12.5. The van der Waals surface area contributed by atoms with Gasteiger partial charge in [0.05, 0.1) is 28.8 Å². The van der Waals surface area contributed by atoms with Crippen LogP contribution < -0.4 is 21.1 Å². The summed E-state index contributed by atoms with van der Waals surface area (Å²) in [7, 11) is 0. The zero-order chi connectivity index (χ0) is 30.0. The molecular weight excluding hydrogens is 558 g/mol. The van der Waals surface area contributed by atoms with Crippen molar-refractivity contribution < 1.29 is 32.3 Å². The number of nitrogens with zero attached hydrogens (tertiary/aromatic N) is 2. The Balaban J connectivity index is 1.51. The number of halogens is 4. The van der Waals surface area contributed by atoms with Crippen LogP contribution in [0.15, 0.2) is 77.7 Å². The Morgan fingerprint density at radius 2 is 1.74 bits per heavy atom. The minimum atomic E-state index is -3.32. The Kier molecular flexibility index (Phi) is 7.84. The van der Waals surface area contributed by atoms with Gasteiger partial charge in [0.25, 0.3) is 17.4 Å². The maximum Gasteiger partial charge on any atom is 0.321 e. The SMILES string of the molecule is O=C(NCCO)c1cccc2c1c(=O)[nH]c1nccc(Nc3ccc(N(C(=O)c4ccc(F)cc4F)C(F)F)cc3)c12. The molecule has 0 saturated heterocycles. The van der Waals surface area contributed by atoms with E-state index in [0.29, 0.717) is 28.2 Å². The second-order valence-corrected chi connectivity index (χ2v) is 8.99. The van der Waals surface area contributed by atoms with E-state index in [4.69, 9.17) is 5.11 Å². The Hall–Kier alpha value is -5.30. The molecule has 5 rings (SSSR count). The van der Waals surface area contributed by atoms with E-state index in [9.17, 15) is 31.9 Å². The number of rotatable bonds is 8. The van der Waals surface area contributed by atoms with Crippen LogP contribution in [0.5, 0.6) is 0 Å². The van der Waals surface area contributed by atoms with Crippen molar-refractivity contribution in [3.05, 3.63) is 106 Å². The van der Waals surface area contributed by atoms with Crippen LogP contribution in [0, 0.1) is 11.6 Å². The summed E-state index contributed by atoms with van der Waals surface area (Å²) in [5, 5.41) is 15.7. The molecule has 0 bridgehead atoms. The molecule has 0 fully saturated rings. The highest BCUT2D eigenvalue weighted by atomic mass is 19.3. The van der Waals surface area contributed by atoms with Crippen molar-refractivity contribution in [2.45, 2.75) is 6.55 Å².